The average molecular weight is 184 g/mol. The van der Waals surface area contributed by atoms with Gasteiger partial charge in [0.1, 0.15) is 8.07 Å². The molecule has 0 heterocycles. The number of thioether (sulfide) groups is 1. The van der Waals surface area contributed by atoms with Gasteiger partial charge in [0.15, 0.2) is 0 Å². The van der Waals surface area contributed by atoms with Crippen LogP contribution in [0.5, 0.6) is 0 Å². The first-order chi connectivity index (χ1) is 4.95. The van der Waals surface area contributed by atoms with E-state index in [-0.39, 0.29) is 0 Å². The molecule has 0 unspecified atom stereocenters. The van der Waals surface area contributed by atoms with Gasteiger partial charge in [0.2, 0.25) is 0 Å². The monoisotopic (exact) mass is 184 g/mol. The molecule has 0 nitrogen and oxygen atoms in total. The van der Waals surface area contributed by atoms with Crippen molar-refractivity contribution in [1.82, 2.24) is 0 Å². The van der Waals surface area contributed by atoms with E-state index >= 15 is 0 Å². The third-order valence-corrected chi connectivity index (χ3v) is 2.70. The number of rotatable bonds is 1. The minimum Gasteiger partial charge on any atom is -0.134 e. The summed E-state index contributed by atoms with van der Waals surface area (Å²) in [7, 11) is -1.15. The fourth-order valence-corrected chi connectivity index (χ4v) is 1.10. The van der Waals surface area contributed by atoms with E-state index in [9.17, 15) is 0 Å². The predicted octanol–water partition coefficient (Wildman–Crippen LogP) is 3.13. The molecule has 0 atom stereocenters. The highest BCUT2D eigenvalue weighted by molar-refractivity contribution is 8.02. The maximum absolute atomic E-state index is 3.29. The highest BCUT2D eigenvalue weighted by Gasteiger charge is 2.06. The molecular formula is C9H16SSi. The Kier molecular flexibility index (Phi) is 4.63. The topological polar surface area (TPSA) is 0 Å². The molecule has 0 aliphatic heterocycles. The van der Waals surface area contributed by atoms with Crippen LogP contribution in [0.4, 0.5) is 0 Å². The van der Waals surface area contributed by atoms with Crippen LogP contribution in [0.2, 0.25) is 19.6 Å². The Labute approximate surface area is 75.5 Å². The summed E-state index contributed by atoms with van der Waals surface area (Å²) in [6, 6.07) is 0. The van der Waals surface area contributed by atoms with Gasteiger partial charge in [-0.25, -0.2) is 0 Å². The van der Waals surface area contributed by atoms with E-state index in [1.807, 2.05) is 6.08 Å². The lowest BCUT2D eigenvalue weighted by atomic mass is 10.5. The van der Waals surface area contributed by atoms with Crippen molar-refractivity contribution in [3.8, 4) is 11.5 Å². The first-order valence-corrected chi connectivity index (χ1v) is 8.41. The van der Waals surface area contributed by atoms with Gasteiger partial charge < -0.3 is 0 Å². The summed E-state index contributed by atoms with van der Waals surface area (Å²) in [6.45, 7) is 8.84. The molecule has 0 aromatic rings. The molecule has 0 amide bonds. The van der Waals surface area contributed by atoms with Crippen molar-refractivity contribution in [1.29, 1.82) is 0 Å². The van der Waals surface area contributed by atoms with Gasteiger partial charge >= 0.3 is 0 Å². The molecule has 0 bridgehead atoms. The van der Waals surface area contributed by atoms with E-state index in [1.54, 1.807) is 11.8 Å². The second-order valence-corrected chi connectivity index (χ2v) is 9.28. The SMILES string of the molecule is CS/C(C)=C\C#C[Si](C)(C)C. The first kappa shape index (κ1) is 10.9. The Hall–Kier alpha value is -0.133. The lowest BCUT2D eigenvalue weighted by Crippen LogP contribution is -2.16. The van der Waals surface area contributed by atoms with Gasteiger partial charge in [0.25, 0.3) is 0 Å². The van der Waals surface area contributed by atoms with E-state index in [1.165, 1.54) is 4.91 Å². The summed E-state index contributed by atoms with van der Waals surface area (Å²) in [5.41, 5.74) is 3.29. The van der Waals surface area contributed by atoms with E-state index in [0.29, 0.717) is 0 Å². The predicted molar refractivity (Wildman–Crippen MR) is 58.4 cm³/mol. The largest absolute Gasteiger partial charge is 0.134 e. The third kappa shape index (κ3) is 7.77. The zero-order valence-electron chi connectivity index (χ0n) is 7.99. The van der Waals surface area contributed by atoms with Crippen LogP contribution in [0.1, 0.15) is 6.92 Å². The molecule has 0 rings (SSSR count). The lowest BCUT2D eigenvalue weighted by molar-refractivity contribution is 1.69. The standard InChI is InChI=1S/C9H16SSi/c1-9(10-2)7-6-8-11(3,4)5/h7H,1-5H3/b9-7-. The summed E-state index contributed by atoms with van der Waals surface area (Å²) >= 11 is 1.75. The van der Waals surface area contributed by atoms with E-state index in [2.05, 4.69) is 44.3 Å². The minimum absolute atomic E-state index is 1.15. The van der Waals surface area contributed by atoms with Crippen LogP contribution in [-0.2, 0) is 0 Å². The number of hydrogen-bond donors (Lipinski definition) is 0. The molecule has 0 aromatic carbocycles. The molecule has 0 fully saturated rings. The zero-order chi connectivity index (χ0) is 8.91. The zero-order valence-corrected chi connectivity index (χ0v) is 9.80. The van der Waals surface area contributed by atoms with Crippen LogP contribution in [0.3, 0.4) is 0 Å². The van der Waals surface area contributed by atoms with Crippen LogP contribution >= 0.6 is 11.8 Å². The Balaban J connectivity index is 4.11. The van der Waals surface area contributed by atoms with Crippen LogP contribution in [-0.4, -0.2) is 14.3 Å². The summed E-state index contributed by atoms with van der Waals surface area (Å²) in [5.74, 6) is 3.10. The van der Waals surface area contributed by atoms with Gasteiger partial charge in [-0.1, -0.05) is 25.6 Å². The minimum atomic E-state index is -1.15. The highest BCUT2D eigenvalue weighted by Crippen LogP contribution is 2.07. The Morgan fingerprint density at radius 1 is 1.36 bits per heavy atom. The van der Waals surface area contributed by atoms with Crippen LogP contribution < -0.4 is 0 Å². The molecule has 0 radical (unpaired) electrons. The van der Waals surface area contributed by atoms with Crippen LogP contribution in [0.25, 0.3) is 0 Å². The van der Waals surface area contributed by atoms with E-state index in [4.69, 9.17) is 0 Å². The van der Waals surface area contributed by atoms with Gasteiger partial charge in [-0.3, -0.25) is 0 Å². The van der Waals surface area contributed by atoms with Crippen molar-refractivity contribution in [2.24, 2.45) is 0 Å². The summed E-state index contributed by atoms with van der Waals surface area (Å²) in [6.07, 6.45) is 4.07. The van der Waals surface area contributed by atoms with Crippen molar-refractivity contribution in [3.63, 3.8) is 0 Å². The van der Waals surface area contributed by atoms with Gasteiger partial charge in [-0.2, -0.15) is 0 Å². The molecule has 0 spiro atoms. The average Bonchev–Trinajstić information content (AvgIpc) is 1.85. The van der Waals surface area contributed by atoms with E-state index in [0.717, 1.165) is 0 Å². The van der Waals surface area contributed by atoms with Gasteiger partial charge in [0, 0.05) is 0 Å². The second kappa shape index (κ2) is 4.69. The Morgan fingerprint density at radius 3 is 2.27 bits per heavy atom. The highest BCUT2D eigenvalue weighted by atomic mass is 32.2. The summed E-state index contributed by atoms with van der Waals surface area (Å²) in [5, 5.41) is 0. The quantitative estimate of drug-likeness (QED) is 0.446. The lowest BCUT2D eigenvalue weighted by Gasteiger charge is -2.02. The van der Waals surface area contributed by atoms with Gasteiger partial charge in [-0.15, -0.1) is 17.3 Å². The van der Waals surface area contributed by atoms with Gasteiger partial charge in [-0.05, 0) is 24.2 Å². The van der Waals surface area contributed by atoms with Crippen LogP contribution in [0, 0.1) is 11.5 Å². The van der Waals surface area contributed by atoms with Crippen molar-refractivity contribution in [2.75, 3.05) is 6.26 Å². The maximum atomic E-state index is 3.29. The number of allylic oxidation sites excluding steroid dienone is 2. The number of hydrogen-bond acceptors (Lipinski definition) is 1. The van der Waals surface area contributed by atoms with Crippen molar-refractivity contribution >= 4 is 19.8 Å². The summed E-state index contributed by atoms with van der Waals surface area (Å²) in [4.78, 5) is 1.29. The van der Waals surface area contributed by atoms with Gasteiger partial charge in [0.05, 0.1) is 0 Å². The molecule has 0 aromatic heterocycles. The molecule has 0 aliphatic carbocycles. The van der Waals surface area contributed by atoms with E-state index < -0.39 is 8.07 Å². The second-order valence-electron chi connectivity index (χ2n) is 3.48. The molecule has 62 valence electrons. The van der Waals surface area contributed by atoms with Crippen LogP contribution in [0.15, 0.2) is 11.0 Å². The smallest absolute Gasteiger partial charge is 0.129 e. The summed E-state index contributed by atoms with van der Waals surface area (Å²) < 4.78 is 0. The maximum Gasteiger partial charge on any atom is 0.129 e. The molecular weight excluding hydrogens is 168 g/mol. The third-order valence-electron chi connectivity index (χ3n) is 1.04. The molecule has 2 heteroatoms. The molecule has 0 saturated carbocycles. The molecule has 11 heavy (non-hydrogen) atoms. The van der Waals surface area contributed by atoms with Crippen molar-refractivity contribution in [2.45, 2.75) is 26.6 Å². The Bertz CT molecular complexity index is 200. The fourth-order valence-electron chi connectivity index (χ4n) is 0.413. The molecule has 0 N–H and O–H groups in total. The van der Waals surface area contributed by atoms with Crippen molar-refractivity contribution < 1.29 is 0 Å². The first-order valence-electron chi connectivity index (χ1n) is 3.69. The normalized spacial score (nSPS) is 12.3. The Morgan fingerprint density at radius 2 is 1.91 bits per heavy atom. The molecule has 0 aliphatic rings. The van der Waals surface area contributed by atoms with Crippen molar-refractivity contribution in [3.05, 3.63) is 11.0 Å². The fraction of sp³-hybridized carbons (Fsp3) is 0.556. The molecule has 0 saturated heterocycles.